The van der Waals surface area contributed by atoms with Crippen LogP contribution in [0.4, 0.5) is 10.1 Å². The zero-order valence-corrected chi connectivity index (χ0v) is 23.6. The maximum atomic E-state index is 14.6. The number of nitrogens with zero attached hydrogens (tertiary/aromatic N) is 4. The Morgan fingerprint density at radius 2 is 1.78 bits per heavy atom. The molecule has 3 heterocycles. The molecule has 1 fully saturated rings. The number of carbonyl (C=O) groups excluding carboxylic acids is 1. The minimum atomic E-state index is -0.466. The van der Waals surface area contributed by atoms with Gasteiger partial charge in [0.15, 0.2) is 12.6 Å². The summed E-state index contributed by atoms with van der Waals surface area (Å²) in [6.45, 7) is 4.04. The van der Waals surface area contributed by atoms with Crippen LogP contribution in [-0.4, -0.2) is 60.0 Å². The topological polar surface area (TPSA) is 83.6 Å². The quantitative estimate of drug-likeness (QED) is 0.283. The summed E-state index contributed by atoms with van der Waals surface area (Å²) in [6.07, 6.45) is 2.69. The van der Waals surface area contributed by atoms with Crippen molar-refractivity contribution in [2.45, 2.75) is 38.1 Å². The number of H-pyrrole nitrogens is 1. The Balaban J connectivity index is 1.35. The van der Waals surface area contributed by atoms with Crippen LogP contribution in [0, 0.1) is 12.7 Å². The number of methoxy groups -OCH3 is 1. The second kappa shape index (κ2) is 11.4. The van der Waals surface area contributed by atoms with E-state index in [1.807, 2.05) is 25.1 Å². The molecule has 41 heavy (non-hydrogen) atoms. The molecule has 3 aromatic carbocycles. The Hall–Kier alpha value is -4.08. The van der Waals surface area contributed by atoms with Crippen LogP contribution in [0.15, 0.2) is 60.7 Å². The zero-order valence-electron chi connectivity index (χ0n) is 23.6. The number of fused-ring (bicyclic) bond motifs is 1. The van der Waals surface area contributed by atoms with Gasteiger partial charge in [0.05, 0.1) is 11.7 Å². The fourth-order valence-electron chi connectivity index (χ4n) is 5.97. The number of likely N-dealkylation sites (tertiary alicyclic amines) is 1. The normalized spacial score (nSPS) is 17.7. The maximum absolute atomic E-state index is 14.6. The summed E-state index contributed by atoms with van der Waals surface area (Å²) < 4.78 is 25.4. The van der Waals surface area contributed by atoms with Gasteiger partial charge in [0.2, 0.25) is 0 Å². The molecule has 212 valence electrons. The summed E-state index contributed by atoms with van der Waals surface area (Å²) in [5.74, 6) is 1.50. The number of aromatic amines is 1. The second-order valence-electron chi connectivity index (χ2n) is 10.9. The third-order valence-electron chi connectivity index (χ3n) is 8.14. The van der Waals surface area contributed by atoms with Crippen LogP contribution >= 0.6 is 0 Å². The number of rotatable bonds is 8. The molecule has 8 nitrogen and oxygen atoms in total. The van der Waals surface area contributed by atoms with E-state index in [9.17, 15) is 9.18 Å². The van der Waals surface area contributed by atoms with Crippen molar-refractivity contribution in [2.24, 2.45) is 0 Å². The van der Waals surface area contributed by atoms with Crippen LogP contribution in [0.1, 0.15) is 57.9 Å². The van der Waals surface area contributed by atoms with Gasteiger partial charge >= 0.3 is 0 Å². The van der Waals surface area contributed by atoms with Crippen molar-refractivity contribution in [3.8, 4) is 16.9 Å². The lowest BCUT2D eigenvalue weighted by molar-refractivity contribution is 0.0512. The summed E-state index contributed by atoms with van der Waals surface area (Å²) in [4.78, 5) is 22.5. The van der Waals surface area contributed by atoms with Crippen LogP contribution in [-0.2, 0) is 11.2 Å². The molecule has 1 amide bonds. The molecule has 4 aromatic rings. The average molecular weight is 556 g/mol. The van der Waals surface area contributed by atoms with Gasteiger partial charge in [0.1, 0.15) is 17.4 Å². The van der Waals surface area contributed by atoms with Crippen LogP contribution < -0.4 is 9.64 Å². The number of aryl methyl sites for hydroxylation is 1. The molecule has 0 radical (unpaired) electrons. The lowest BCUT2D eigenvalue weighted by Crippen LogP contribution is -2.30. The van der Waals surface area contributed by atoms with Gasteiger partial charge in [-0.1, -0.05) is 36.4 Å². The number of halogens is 1. The molecule has 0 bridgehead atoms. The van der Waals surface area contributed by atoms with Crippen molar-refractivity contribution < 1.29 is 18.7 Å². The number of aromatic nitrogens is 3. The van der Waals surface area contributed by atoms with Gasteiger partial charge in [-0.05, 0) is 86.3 Å². The number of nitrogens with one attached hydrogen (secondary N) is 1. The first-order valence-corrected chi connectivity index (χ1v) is 14.0. The SMILES string of the molecule is COCOc1ccc(F)cc1N1C(=O)c2cc(-c3ccc(C4CCN(C)CC4)cc3)ccc2C1Cc1n[nH]c(C)n1. The van der Waals surface area contributed by atoms with Gasteiger partial charge in [0.25, 0.3) is 5.91 Å². The highest BCUT2D eigenvalue weighted by molar-refractivity contribution is 6.12. The van der Waals surface area contributed by atoms with Gasteiger partial charge in [-0.3, -0.25) is 14.8 Å². The van der Waals surface area contributed by atoms with Gasteiger partial charge in [-0.15, -0.1) is 0 Å². The molecular formula is C32H34FN5O3. The van der Waals surface area contributed by atoms with E-state index in [0.717, 1.165) is 29.8 Å². The number of ether oxygens (including phenoxy) is 2. The third-order valence-corrected chi connectivity index (χ3v) is 8.14. The van der Waals surface area contributed by atoms with Crippen molar-refractivity contribution in [2.75, 3.05) is 38.9 Å². The van der Waals surface area contributed by atoms with Crippen molar-refractivity contribution in [3.63, 3.8) is 0 Å². The number of carbonyl (C=O) groups is 1. The van der Waals surface area contributed by atoms with Gasteiger partial charge in [-0.25, -0.2) is 9.37 Å². The highest BCUT2D eigenvalue weighted by Gasteiger charge is 2.40. The first-order valence-electron chi connectivity index (χ1n) is 14.0. The molecule has 9 heteroatoms. The predicted molar refractivity (Wildman–Crippen MR) is 155 cm³/mol. The van der Waals surface area contributed by atoms with Gasteiger partial charge in [-0.2, -0.15) is 5.10 Å². The van der Waals surface area contributed by atoms with Crippen LogP contribution in [0.25, 0.3) is 11.1 Å². The summed E-state index contributed by atoms with van der Waals surface area (Å²) in [7, 11) is 3.69. The monoisotopic (exact) mass is 555 g/mol. The van der Waals surface area contributed by atoms with Crippen molar-refractivity contribution in [1.82, 2.24) is 20.1 Å². The molecule has 1 unspecified atom stereocenters. The van der Waals surface area contributed by atoms with E-state index in [1.54, 1.807) is 4.90 Å². The number of anilines is 1. The van der Waals surface area contributed by atoms with Crippen LogP contribution in [0.5, 0.6) is 5.75 Å². The molecule has 2 aliphatic rings. The molecule has 0 saturated carbocycles. The van der Waals surface area contributed by atoms with E-state index in [2.05, 4.69) is 51.4 Å². The number of amides is 1. The summed E-state index contributed by atoms with van der Waals surface area (Å²) in [5.41, 5.74) is 5.11. The Morgan fingerprint density at radius 3 is 2.49 bits per heavy atom. The lowest BCUT2D eigenvalue weighted by Gasteiger charge is -2.29. The fraction of sp³-hybridized carbons (Fsp3) is 0.344. The van der Waals surface area contributed by atoms with Crippen molar-refractivity contribution in [1.29, 1.82) is 0 Å². The average Bonchev–Trinajstić information content (AvgIpc) is 3.52. The van der Waals surface area contributed by atoms with Crippen molar-refractivity contribution in [3.05, 3.63) is 94.8 Å². The minimum absolute atomic E-state index is 0.0317. The predicted octanol–water partition coefficient (Wildman–Crippen LogP) is 5.66. The molecule has 0 aliphatic carbocycles. The summed E-state index contributed by atoms with van der Waals surface area (Å²) >= 11 is 0. The van der Waals surface area contributed by atoms with Crippen LogP contribution in [0.3, 0.4) is 0 Å². The number of benzene rings is 3. The third kappa shape index (κ3) is 5.47. The highest BCUT2D eigenvalue weighted by atomic mass is 19.1. The van der Waals surface area contributed by atoms with E-state index in [1.165, 1.54) is 43.7 Å². The molecule has 2 aliphatic heterocycles. The minimum Gasteiger partial charge on any atom is -0.465 e. The Labute approximate surface area is 239 Å². The smallest absolute Gasteiger partial charge is 0.259 e. The highest BCUT2D eigenvalue weighted by Crippen LogP contribution is 2.44. The maximum Gasteiger partial charge on any atom is 0.259 e. The Kier molecular flexibility index (Phi) is 7.55. The number of hydrogen-bond donors (Lipinski definition) is 1. The zero-order chi connectivity index (χ0) is 28.5. The fourth-order valence-corrected chi connectivity index (χ4v) is 5.97. The summed E-state index contributed by atoms with van der Waals surface area (Å²) in [5, 5.41) is 7.18. The number of piperidine rings is 1. The Bertz CT molecular complexity index is 1550. The van der Waals surface area contributed by atoms with Crippen LogP contribution in [0.2, 0.25) is 0 Å². The molecule has 1 N–H and O–H groups in total. The van der Waals surface area contributed by atoms with E-state index in [-0.39, 0.29) is 12.7 Å². The molecule has 1 saturated heterocycles. The van der Waals surface area contributed by atoms with E-state index in [0.29, 0.717) is 41.0 Å². The first-order chi connectivity index (χ1) is 19.9. The largest absolute Gasteiger partial charge is 0.465 e. The van der Waals surface area contributed by atoms with E-state index < -0.39 is 11.9 Å². The summed E-state index contributed by atoms with van der Waals surface area (Å²) in [6, 6.07) is 18.4. The standard InChI is InChI=1S/C32H34FN5O3/c1-20-34-31(36-35-20)18-28-26-10-8-24(22-6-4-21(5-7-22)23-12-14-37(2)15-13-23)16-27(26)32(39)38(28)29-17-25(33)9-11-30(29)41-19-40-3/h4-11,16-17,23,28H,12-15,18-19H2,1-3H3,(H,34,35,36). The lowest BCUT2D eigenvalue weighted by atomic mass is 9.88. The molecule has 0 spiro atoms. The van der Waals surface area contributed by atoms with E-state index >= 15 is 0 Å². The first kappa shape index (κ1) is 27.1. The Morgan fingerprint density at radius 1 is 1.02 bits per heavy atom. The van der Waals surface area contributed by atoms with Crippen molar-refractivity contribution >= 4 is 11.6 Å². The van der Waals surface area contributed by atoms with Gasteiger partial charge in [0, 0.05) is 25.2 Å². The van der Waals surface area contributed by atoms with Gasteiger partial charge < -0.3 is 14.4 Å². The molecule has 1 atom stereocenters. The molecule has 1 aromatic heterocycles. The second-order valence-corrected chi connectivity index (χ2v) is 10.9. The molecular weight excluding hydrogens is 521 g/mol. The molecule has 6 rings (SSSR count). The number of hydrogen-bond acceptors (Lipinski definition) is 6. The van der Waals surface area contributed by atoms with E-state index in [4.69, 9.17) is 9.47 Å².